The van der Waals surface area contributed by atoms with Crippen molar-refractivity contribution in [2.45, 2.75) is 25.8 Å². The molecule has 1 N–H and O–H groups in total. The monoisotopic (exact) mass is 283 g/mol. The van der Waals surface area contributed by atoms with Crippen molar-refractivity contribution in [3.8, 4) is 0 Å². The smallest absolute Gasteiger partial charge is 0.261 e. The third-order valence-electron chi connectivity index (χ3n) is 4.02. The molecule has 1 aliphatic heterocycles. The maximum absolute atomic E-state index is 12.7. The molecule has 21 heavy (non-hydrogen) atoms. The lowest BCUT2D eigenvalue weighted by molar-refractivity contribution is 0.0538. The van der Waals surface area contributed by atoms with Gasteiger partial charge in [-0.25, -0.2) is 0 Å². The molecule has 0 spiro atoms. The van der Waals surface area contributed by atoms with Gasteiger partial charge in [-0.1, -0.05) is 24.3 Å². The van der Waals surface area contributed by atoms with Crippen molar-refractivity contribution in [3.63, 3.8) is 0 Å². The number of imide groups is 1. The molecule has 1 unspecified atom stereocenters. The van der Waals surface area contributed by atoms with Gasteiger partial charge in [0, 0.05) is 29.2 Å². The first kappa shape index (κ1) is 13.8. The van der Waals surface area contributed by atoms with Crippen molar-refractivity contribution in [2.24, 2.45) is 0 Å². The maximum atomic E-state index is 12.7. The highest BCUT2D eigenvalue weighted by Gasteiger charge is 2.35. The number of hydrogen-bond acceptors (Lipinski definition) is 3. The van der Waals surface area contributed by atoms with Crippen molar-refractivity contribution in [3.05, 3.63) is 47.5 Å². The minimum atomic E-state index is -0.241. The summed E-state index contributed by atoms with van der Waals surface area (Å²) in [7, 11) is 0. The fourth-order valence-electron chi connectivity index (χ4n) is 2.97. The summed E-state index contributed by atoms with van der Waals surface area (Å²) < 4.78 is 0. The van der Waals surface area contributed by atoms with Crippen LogP contribution < -0.4 is 0 Å². The predicted molar refractivity (Wildman–Crippen MR) is 80.2 cm³/mol. The van der Waals surface area contributed by atoms with Crippen LogP contribution in [0.1, 0.15) is 40.5 Å². The number of carbonyl (C=O) groups is 2. The van der Waals surface area contributed by atoms with Gasteiger partial charge in [-0.2, -0.15) is 0 Å². The van der Waals surface area contributed by atoms with Gasteiger partial charge >= 0.3 is 0 Å². The molecule has 3 rings (SSSR count). The summed E-state index contributed by atoms with van der Waals surface area (Å²) in [5, 5.41) is 10.6. The number of hydrogen-bond donors (Lipinski definition) is 1. The maximum Gasteiger partial charge on any atom is 0.261 e. The molecule has 1 atom stereocenters. The highest BCUT2D eigenvalue weighted by atomic mass is 16.3. The Morgan fingerprint density at radius 3 is 2.14 bits per heavy atom. The summed E-state index contributed by atoms with van der Waals surface area (Å²) in [6.07, 6.45) is 1.18. The van der Waals surface area contributed by atoms with E-state index in [9.17, 15) is 9.59 Å². The molecule has 2 aromatic rings. The normalized spacial score (nSPS) is 15.6. The minimum Gasteiger partial charge on any atom is -0.396 e. The second-order valence-corrected chi connectivity index (χ2v) is 5.40. The third kappa shape index (κ3) is 2.12. The zero-order chi connectivity index (χ0) is 15.0. The van der Waals surface area contributed by atoms with Crippen LogP contribution in [-0.4, -0.2) is 34.5 Å². The van der Waals surface area contributed by atoms with Crippen LogP contribution in [0.3, 0.4) is 0 Å². The lowest BCUT2D eigenvalue weighted by atomic mass is 9.93. The van der Waals surface area contributed by atoms with Crippen molar-refractivity contribution in [2.75, 3.05) is 6.61 Å². The van der Waals surface area contributed by atoms with E-state index in [1.807, 2.05) is 31.2 Å². The fraction of sp³-hybridized carbons (Fsp3) is 0.294. The molecular weight excluding hydrogens is 266 g/mol. The average molecular weight is 283 g/mol. The van der Waals surface area contributed by atoms with Crippen LogP contribution in [0.25, 0.3) is 10.8 Å². The third-order valence-corrected chi connectivity index (χ3v) is 4.02. The number of nitrogens with zero attached hydrogens (tertiary/aromatic N) is 1. The molecule has 4 heteroatoms. The Balaban J connectivity index is 2.11. The van der Waals surface area contributed by atoms with Gasteiger partial charge in [0.05, 0.1) is 0 Å². The molecule has 2 aromatic carbocycles. The van der Waals surface area contributed by atoms with E-state index in [1.165, 1.54) is 4.90 Å². The van der Waals surface area contributed by atoms with Crippen LogP contribution in [0.15, 0.2) is 36.4 Å². The van der Waals surface area contributed by atoms with Crippen LogP contribution in [0.5, 0.6) is 0 Å². The highest BCUT2D eigenvalue weighted by Crippen LogP contribution is 2.31. The van der Waals surface area contributed by atoms with Gasteiger partial charge in [0.2, 0.25) is 0 Å². The van der Waals surface area contributed by atoms with Gasteiger partial charge in [-0.05, 0) is 37.3 Å². The van der Waals surface area contributed by atoms with Crippen molar-refractivity contribution >= 4 is 22.6 Å². The van der Waals surface area contributed by atoms with E-state index in [-0.39, 0.29) is 24.5 Å². The standard InChI is InChI=1S/C17H17NO3/c1-11(5-4-10-19)18-16(20)13-8-2-6-12-7-3-9-14(15(12)13)17(18)21/h2-3,6-9,11,19H,4-5,10H2,1H3. The van der Waals surface area contributed by atoms with E-state index < -0.39 is 0 Å². The van der Waals surface area contributed by atoms with E-state index in [0.717, 1.165) is 10.8 Å². The first-order chi connectivity index (χ1) is 10.1. The topological polar surface area (TPSA) is 57.6 Å². The second-order valence-electron chi connectivity index (χ2n) is 5.40. The lowest BCUT2D eigenvalue weighted by Crippen LogP contribution is -2.45. The summed E-state index contributed by atoms with van der Waals surface area (Å²) in [4.78, 5) is 26.6. The van der Waals surface area contributed by atoms with Crippen molar-refractivity contribution in [1.29, 1.82) is 0 Å². The molecular formula is C17H17NO3. The molecule has 0 aliphatic carbocycles. The molecule has 1 heterocycles. The number of rotatable bonds is 4. The van der Waals surface area contributed by atoms with E-state index in [0.29, 0.717) is 24.0 Å². The molecule has 0 radical (unpaired) electrons. The molecule has 0 saturated carbocycles. The van der Waals surface area contributed by atoms with Gasteiger partial charge in [0.1, 0.15) is 0 Å². The molecule has 0 fully saturated rings. The van der Waals surface area contributed by atoms with Crippen LogP contribution >= 0.6 is 0 Å². The quantitative estimate of drug-likeness (QED) is 0.877. The van der Waals surface area contributed by atoms with E-state index in [2.05, 4.69) is 0 Å². The summed E-state index contributed by atoms with van der Waals surface area (Å²) in [5.74, 6) is -0.482. The predicted octanol–water partition coefficient (Wildman–Crippen LogP) is 2.60. The number of amides is 2. The van der Waals surface area contributed by atoms with Gasteiger partial charge < -0.3 is 5.11 Å². The van der Waals surface area contributed by atoms with Gasteiger partial charge in [0.25, 0.3) is 11.8 Å². The first-order valence-electron chi connectivity index (χ1n) is 7.15. The Bertz CT molecular complexity index is 672. The summed E-state index contributed by atoms with van der Waals surface area (Å²) >= 11 is 0. The highest BCUT2D eigenvalue weighted by molar-refractivity contribution is 6.25. The SMILES string of the molecule is CC(CCCO)N1C(=O)c2cccc3cccc(c23)C1=O. The van der Waals surface area contributed by atoms with Crippen LogP contribution in [-0.2, 0) is 0 Å². The molecule has 4 nitrogen and oxygen atoms in total. The molecule has 0 aromatic heterocycles. The van der Waals surface area contributed by atoms with Crippen molar-refractivity contribution < 1.29 is 14.7 Å². The lowest BCUT2D eigenvalue weighted by Gasteiger charge is -2.31. The largest absolute Gasteiger partial charge is 0.396 e. The Hall–Kier alpha value is -2.20. The molecule has 0 bridgehead atoms. The summed E-state index contributed by atoms with van der Waals surface area (Å²) in [5.41, 5.74) is 1.16. The fourth-order valence-corrected chi connectivity index (χ4v) is 2.97. The Morgan fingerprint density at radius 2 is 1.62 bits per heavy atom. The Morgan fingerprint density at radius 1 is 1.05 bits per heavy atom. The van der Waals surface area contributed by atoms with Gasteiger partial charge in [0.15, 0.2) is 0 Å². The van der Waals surface area contributed by atoms with Gasteiger partial charge in [-0.15, -0.1) is 0 Å². The number of carbonyl (C=O) groups excluding carboxylic acids is 2. The molecule has 1 aliphatic rings. The second kappa shape index (κ2) is 5.30. The molecule has 2 amide bonds. The summed E-state index contributed by atoms with van der Waals surface area (Å²) in [6, 6.07) is 10.8. The first-order valence-corrected chi connectivity index (χ1v) is 7.15. The van der Waals surface area contributed by atoms with E-state index in [1.54, 1.807) is 12.1 Å². The van der Waals surface area contributed by atoms with E-state index in [4.69, 9.17) is 5.11 Å². The Kier molecular flexibility index (Phi) is 3.47. The number of benzene rings is 2. The van der Waals surface area contributed by atoms with Gasteiger partial charge in [-0.3, -0.25) is 14.5 Å². The average Bonchev–Trinajstić information content (AvgIpc) is 2.50. The zero-order valence-electron chi connectivity index (χ0n) is 11.9. The van der Waals surface area contributed by atoms with Crippen LogP contribution in [0.4, 0.5) is 0 Å². The minimum absolute atomic E-state index is 0.0622. The van der Waals surface area contributed by atoms with E-state index >= 15 is 0 Å². The Labute approximate surface area is 123 Å². The molecule has 0 saturated heterocycles. The zero-order valence-corrected chi connectivity index (χ0v) is 11.9. The molecule has 108 valence electrons. The van der Waals surface area contributed by atoms with Crippen LogP contribution in [0.2, 0.25) is 0 Å². The van der Waals surface area contributed by atoms with Crippen molar-refractivity contribution in [1.82, 2.24) is 4.90 Å². The summed E-state index contributed by atoms with van der Waals surface area (Å²) in [6.45, 7) is 1.91. The van der Waals surface area contributed by atoms with Crippen LogP contribution in [0, 0.1) is 0 Å². The number of aliphatic hydroxyl groups is 1. The number of aliphatic hydroxyl groups excluding tert-OH is 1.